The molecule has 0 amide bonds. The summed E-state index contributed by atoms with van der Waals surface area (Å²) in [6.07, 6.45) is 0.502. The van der Waals surface area contributed by atoms with E-state index in [1.807, 2.05) is 52.0 Å². The molecule has 0 aliphatic carbocycles. The molecule has 0 atom stereocenters. The van der Waals surface area contributed by atoms with E-state index in [2.05, 4.69) is 4.72 Å². The Morgan fingerprint density at radius 1 is 0.962 bits per heavy atom. The van der Waals surface area contributed by atoms with E-state index in [0.717, 1.165) is 27.8 Å². The van der Waals surface area contributed by atoms with Gasteiger partial charge in [0, 0.05) is 6.54 Å². The van der Waals surface area contributed by atoms with Gasteiger partial charge in [0.1, 0.15) is 0 Å². The summed E-state index contributed by atoms with van der Waals surface area (Å²) >= 11 is 0. The van der Waals surface area contributed by atoms with Gasteiger partial charge >= 0.3 is 0 Å². The maximum Gasteiger partial charge on any atom is 0.241 e. The molecule has 0 unspecified atom stereocenters. The maximum absolute atomic E-state index is 12.9. The number of hydrogen-bond acceptors (Lipinski definition) is 4. The van der Waals surface area contributed by atoms with E-state index in [1.54, 1.807) is 14.2 Å². The Balaban J connectivity index is 2.23. The molecule has 0 aliphatic rings. The highest BCUT2D eigenvalue weighted by molar-refractivity contribution is 7.89. The molecule has 2 aromatic rings. The number of benzene rings is 2. The van der Waals surface area contributed by atoms with Crippen molar-refractivity contribution in [2.75, 3.05) is 20.8 Å². The van der Waals surface area contributed by atoms with E-state index < -0.39 is 10.0 Å². The van der Waals surface area contributed by atoms with Crippen molar-refractivity contribution < 1.29 is 17.9 Å². The molecule has 1 N–H and O–H groups in total. The predicted molar refractivity (Wildman–Crippen MR) is 104 cm³/mol. The molecule has 6 heteroatoms. The van der Waals surface area contributed by atoms with Gasteiger partial charge in [-0.25, -0.2) is 13.1 Å². The minimum atomic E-state index is -3.59. The van der Waals surface area contributed by atoms with Gasteiger partial charge in [0.05, 0.1) is 19.1 Å². The molecule has 0 spiro atoms. The molecule has 0 heterocycles. The normalized spacial score (nSPS) is 11.5. The zero-order valence-corrected chi connectivity index (χ0v) is 17.1. The lowest BCUT2D eigenvalue weighted by molar-refractivity contribution is 0.351. The van der Waals surface area contributed by atoms with E-state index in [9.17, 15) is 8.42 Å². The molecule has 5 nitrogen and oxygen atoms in total. The van der Waals surface area contributed by atoms with Gasteiger partial charge < -0.3 is 9.47 Å². The highest BCUT2D eigenvalue weighted by Gasteiger charge is 2.22. The van der Waals surface area contributed by atoms with Crippen LogP contribution in [0.2, 0.25) is 0 Å². The van der Waals surface area contributed by atoms with Crippen LogP contribution in [0.5, 0.6) is 11.5 Å². The molecule has 0 saturated carbocycles. The van der Waals surface area contributed by atoms with E-state index >= 15 is 0 Å². The molecule has 26 heavy (non-hydrogen) atoms. The van der Waals surface area contributed by atoms with Crippen LogP contribution in [-0.4, -0.2) is 29.2 Å². The van der Waals surface area contributed by atoms with Gasteiger partial charge in [-0.15, -0.1) is 0 Å². The second-order valence-corrected chi connectivity index (χ2v) is 8.09. The predicted octanol–water partition coefficient (Wildman–Crippen LogP) is 3.46. The molecule has 2 rings (SSSR count). The Labute approximate surface area is 156 Å². The summed E-state index contributed by atoms with van der Waals surface area (Å²) < 4.78 is 39.2. The summed E-state index contributed by atoms with van der Waals surface area (Å²) in [5, 5.41) is 0. The SMILES string of the molecule is COc1cccc(CCNS(=O)(=O)c2c(C)c(C)cc(C)c2C)c1OC. The highest BCUT2D eigenvalue weighted by Crippen LogP contribution is 2.31. The van der Waals surface area contributed by atoms with Gasteiger partial charge in [0.25, 0.3) is 0 Å². The van der Waals surface area contributed by atoms with Gasteiger partial charge in [0.15, 0.2) is 11.5 Å². The molecule has 0 aromatic heterocycles. The van der Waals surface area contributed by atoms with Crippen molar-refractivity contribution in [1.29, 1.82) is 0 Å². The van der Waals surface area contributed by atoms with Crippen LogP contribution in [0.25, 0.3) is 0 Å². The van der Waals surface area contributed by atoms with Crippen molar-refractivity contribution in [2.24, 2.45) is 0 Å². The first-order valence-corrected chi connectivity index (χ1v) is 9.98. The fraction of sp³-hybridized carbons (Fsp3) is 0.400. The summed E-state index contributed by atoms with van der Waals surface area (Å²) in [6, 6.07) is 7.60. The molecular formula is C20H27NO4S. The molecule has 2 aromatic carbocycles. The monoisotopic (exact) mass is 377 g/mol. The smallest absolute Gasteiger partial charge is 0.241 e. The largest absolute Gasteiger partial charge is 0.493 e. The summed E-state index contributed by atoms with van der Waals surface area (Å²) in [6.45, 7) is 7.84. The van der Waals surface area contributed by atoms with Crippen molar-refractivity contribution >= 4 is 10.0 Å². The lowest BCUT2D eigenvalue weighted by Gasteiger charge is -2.17. The minimum Gasteiger partial charge on any atom is -0.493 e. The van der Waals surface area contributed by atoms with E-state index in [1.165, 1.54) is 0 Å². The lowest BCUT2D eigenvalue weighted by atomic mass is 10.0. The fourth-order valence-electron chi connectivity index (χ4n) is 3.13. The number of ether oxygens (including phenoxy) is 2. The molecule has 0 radical (unpaired) electrons. The Bertz CT molecular complexity index is 878. The quantitative estimate of drug-likeness (QED) is 0.803. The third-order valence-corrected chi connectivity index (χ3v) is 6.47. The number of nitrogens with one attached hydrogen (secondary N) is 1. The van der Waals surface area contributed by atoms with Crippen molar-refractivity contribution in [3.05, 3.63) is 52.1 Å². The molecule has 0 aliphatic heterocycles. The summed E-state index contributed by atoms with van der Waals surface area (Å²) in [5.74, 6) is 1.27. The molecule has 0 saturated heterocycles. The number of sulfonamides is 1. The summed E-state index contributed by atoms with van der Waals surface area (Å²) in [5.41, 5.74) is 4.42. The van der Waals surface area contributed by atoms with Gasteiger partial charge in [-0.2, -0.15) is 0 Å². The number of rotatable bonds is 7. The maximum atomic E-state index is 12.9. The summed E-state index contributed by atoms with van der Waals surface area (Å²) in [7, 11) is -0.438. The number of aryl methyl sites for hydroxylation is 2. The van der Waals surface area contributed by atoms with E-state index in [0.29, 0.717) is 22.8 Å². The molecule has 0 fully saturated rings. The fourth-order valence-corrected chi connectivity index (χ4v) is 4.77. The van der Waals surface area contributed by atoms with Crippen LogP contribution in [0.15, 0.2) is 29.2 Å². The van der Waals surface area contributed by atoms with Gasteiger partial charge in [-0.1, -0.05) is 18.2 Å². The van der Waals surface area contributed by atoms with Crippen LogP contribution < -0.4 is 14.2 Å². The topological polar surface area (TPSA) is 64.6 Å². The first-order chi connectivity index (χ1) is 12.2. The minimum absolute atomic E-state index is 0.276. The molecule has 142 valence electrons. The van der Waals surface area contributed by atoms with E-state index in [-0.39, 0.29) is 6.54 Å². The second kappa shape index (κ2) is 8.10. The van der Waals surface area contributed by atoms with Crippen LogP contribution in [-0.2, 0) is 16.4 Å². The van der Waals surface area contributed by atoms with E-state index in [4.69, 9.17) is 9.47 Å². The van der Waals surface area contributed by atoms with Gasteiger partial charge in [0.2, 0.25) is 10.0 Å². The number of hydrogen-bond donors (Lipinski definition) is 1. The van der Waals surface area contributed by atoms with Crippen molar-refractivity contribution in [2.45, 2.75) is 39.0 Å². The first kappa shape index (κ1) is 20.3. The third-order valence-electron chi connectivity index (χ3n) is 4.74. The summed E-state index contributed by atoms with van der Waals surface area (Å²) in [4.78, 5) is 0.382. The van der Waals surface area contributed by atoms with Crippen LogP contribution in [0.1, 0.15) is 27.8 Å². The standard InChI is InChI=1S/C20H27NO4S/c1-13-12-14(2)16(4)20(15(13)3)26(22,23)21-11-10-17-8-7-9-18(24-5)19(17)25-6/h7-9,12,21H,10-11H2,1-6H3. The Morgan fingerprint density at radius 3 is 2.12 bits per heavy atom. The molecule has 0 bridgehead atoms. The zero-order chi connectivity index (χ0) is 19.5. The van der Waals surface area contributed by atoms with Crippen molar-refractivity contribution in [3.63, 3.8) is 0 Å². The van der Waals surface area contributed by atoms with Crippen molar-refractivity contribution in [3.8, 4) is 11.5 Å². The van der Waals surface area contributed by atoms with Crippen LogP contribution in [0, 0.1) is 27.7 Å². The average Bonchev–Trinajstić information content (AvgIpc) is 2.59. The van der Waals surface area contributed by atoms with Crippen LogP contribution >= 0.6 is 0 Å². The van der Waals surface area contributed by atoms with Crippen LogP contribution in [0.4, 0.5) is 0 Å². The second-order valence-electron chi connectivity index (χ2n) is 6.39. The van der Waals surface area contributed by atoms with Crippen molar-refractivity contribution in [1.82, 2.24) is 4.72 Å². The lowest BCUT2D eigenvalue weighted by Crippen LogP contribution is -2.28. The van der Waals surface area contributed by atoms with Crippen LogP contribution in [0.3, 0.4) is 0 Å². The first-order valence-electron chi connectivity index (χ1n) is 8.49. The Hall–Kier alpha value is -2.05. The highest BCUT2D eigenvalue weighted by atomic mass is 32.2. The zero-order valence-electron chi connectivity index (χ0n) is 16.3. The number of methoxy groups -OCH3 is 2. The third kappa shape index (κ3) is 4.02. The van der Waals surface area contributed by atoms with Gasteiger partial charge in [-0.05, 0) is 68.0 Å². The average molecular weight is 378 g/mol. The Kier molecular flexibility index (Phi) is 6.31. The Morgan fingerprint density at radius 2 is 1.58 bits per heavy atom. The molecular weight excluding hydrogens is 350 g/mol. The number of para-hydroxylation sites is 1. The van der Waals surface area contributed by atoms with Gasteiger partial charge in [-0.3, -0.25) is 0 Å².